The lowest BCUT2D eigenvalue weighted by atomic mass is 10.1. The Bertz CT molecular complexity index is 1250. The van der Waals surface area contributed by atoms with Gasteiger partial charge in [-0.2, -0.15) is 0 Å². The van der Waals surface area contributed by atoms with Gasteiger partial charge in [-0.1, -0.05) is 17.4 Å². The second-order valence-corrected chi connectivity index (χ2v) is 11.4. The van der Waals surface area contributed by atoms with Gasteiger partial charge in [-0.15, -0.1) is 0 Å². The molecule has 33 heavy (non-hydrogen) atoms. The number of hydrogen-bond acceptors (Lipinski definition) is 7. The van der Waals surface area contributed by atoms with Crippen molar-refractivity contribution >= 4 is 42.4 Å². The number of benzene rings is 2. The number of amides is 1. The summed E-state index contributed by atoms with van der Waals surface area (Å²) in [5, 5.41) is 0.584. The fourth-order valence-corrected chi connectivity index (χ4v) is 6.29. The smallest absolute Gasteiger partial charge is 0.229 e. The Morgan fingerprint density at radius 3 is 2.67 bits per heavy atom. The average Bonchev–Trinajstić information content (AvgIpc) is 3.46. The van der Waals surface area contributed by atoms with Crippen LogP contribution in [0.2, 0.25) is 0 Å². The number of rotatable bonds is 8. The van der Waals surface area contributed by atoms with Crippen molar-refractivity contribution in [2.24, 2.45) is 0 Å². The Hall–Kier alpha value is -2.49. The first-order valence-corrected chi connectivity index (χ1v) is 13.4. The summed E-state index contributed by atoms with van der Waals surface area (Å²) in [5.41, 5.74) is 3.07. The average molecular weight is 489 g/mol. The third kappa shape index (κ3) is 5.37. The fraction of sp³-hybridized carbons (Fsp3) is 0.417. The molecule has 176 valence electrons. The van der Waals surface area contributed by atoms with Crippen molar-refractivity contribution in [3.63, 3.8) is 0 Å². The van der Waals surface area contributed by atoms with Gasteiger partial charge in [-0.25, -0.2) is 13.4 Å². The Kier molecular flexibility index (Phi) is 7.02. The standard InChI is InChI=1S/C24H28N2O5S2/c1-16-13-17(2)23-21(14-16)25-24(32-23)26(15-19-5-4-11-31-19)22(27)10-12-33(28,29)20-8-6-18(30-3)7-9-20/h6-9,13-14,19H,4-5,10-12,15H2,1-3H3. The topological polar surface area (TPSA) is 85.8 Å². The first kappa shape index (κ1) is 23.7. The van der Waals surface area contributed by atoms with Crippen LogP contribution in [0.25, 0.3) is 10.2 Å². The van der Waals surface area contributed by atoms with Crippen LogP contribution in [0.15, 0.2) is 41.3 Å². The molecular formula is C24H28N2O5S2. The second-order valence-electron chi connectivity index (χ2n) is 8.31. The number of anilines is 1. The van der Waals surface area contributed by atoms with Crippen molar-refractivity contribution in [2.75, 3.05) is 30.9 Å². The number of fused-ring (bicyclic) bond motifs is 1. The van der Waals surface area contributed by atoms with Gasteiger partial charge in [0.25, 0.3) is 0 Å². The molecule has 1 aromatic heterocycles. The summed E-state index contributed by atoms with van der Waals surface area (Å²) < 4.78 is 37.5. The van der Waals surface area contributed by atoms with Crippen molar-refractivity contribution in [3.05, 3.63) is 47.5 Å². The van der Waals surface area contributed by atoms with E-state index in [2.05, 4.69) is 6.07 Å². The lowest BCUT2D eigenvalue weighted by molar-refractivity contribution is -0.118. The van der Waals surface area contributed by atoms with Crippen LogP contribution in [0.5, 0.6) is 5.75 Å². The second kappa shape index (κ2) is 9.79. The highest BCUT2D eigenvalue weighted by Crippen LogP contribution is 2.33. The highest BCUT2D eigenvalue weighted by molar-refractivity contribution is 7.91. The fourth-order valence-electron chi connectivity index (χ4n) is 4.02. The maximum Gasteiger partial charge on any atom is 0.229 e. The number of aryl methyl sites for hydroxylation is 2. The molecule has 0 aliphatic carbocycles. The molecule has 1 unspecified atom stereocenters. The Balaban J connectivity index is 1.56. The first-order valence-electron chi connectivity index (χ1n) is 10.9. The molecule has 7 nitrogen and oxygen atoms in total. The van der Waals surface area contributed by atoms with E-state index in [0.29, 0.717) is 24.0 Å². The normalized spacial score (nSPS) is 16.3. The van der Waals surface area contributed by atoms with Crippen LogP contribution in [0.3, 0.4) is 0 Å². The SMILES string of the molecule is COc1ccc(S(=O)(=O)CCC(=O)N(CC2CCCO2)c2nc3cc(C)cc(C)c3s2)cc1. The van der Waals surface area contributed by atoms with E-state index in [9.17, 15) is 13.2 Å². The number of carbonyl (C=O) groups is 1. The summed E-state index contributed by atoms with van der Waals surface area (Å²) in [6.07, 6.45) is 1.63. The zero-order valence-corrected chi connectivity index (χ0v) is 20.7. The number of aromatic nitrogens is 1. The Labute approximate surface area is 198 Å². The van der Waals surface area contributed by atoms with Crippen LogP contribution in [0.1, 0.15) is 30.4 Å². The van der Waals surface area contributed by atoms with Gasteiger partial charge in [-0.05, 0) is 68.1 Å². The zero-order valence-electron chi connectivity index (χ0n) is 19.0. The molecule has 0 radical (unpaired) electrons. The van der Waals surface area contributed by atoms with Crippen LogP contribution in [0.4, 0.5) is 5.13 Å². The van der Waals surface area contributed by atoms with Crippen LogP contribution >= 0.6 is 11.3 Å². The van der Waals surface area contributed by atoms with Crippen molar-refractivity contribution in [1.29, 1.82) is 0 Å². The molecule has 1 atom stereocenters. The van der Waals surface area contributed by atoms with Gasteiger partial charge in [0.2, 0.25) is 5.91 Å². The molecule has 1 aliphatic rings. The summed E-state index contributed by atoms with van der Waals surface area (Å²) in [6.45, 7) is 5.10. The van der Waals surface area contributed by atoms with E-state index in [-0.39, 0.29) is 29.1 Å². The van der Waals surface area contributed by atoms with Crippen LogP contribution in [-0.2, 0) is 19.4 Å². The monoisotopic (exact) mass is 488 g/mol. The largest absolute Gasteiger partial charge is 0.497 e. The van der Waals surface area contributed by atoms with Gasteiger partial charge in [0, 0.05) is 13.0 Å². The van der Waals surface area contributed by atoms with E-state index in [4.69, 9.17) is 14.5 Å². The number of sulfone groups is 1. The lowest BCUT2D eigenvalue weighted by Crippen LogP contribution is -2.38. The number of ether oxygens (including phenoxy) is 2. The predicted molar refractivity (Wildman–Crippen MR) is 130 cm³/mol. The summed E-state index contributed by atoms with van der Waals surface area (Å²) >= 11 is 1.46. The number of thiazole rings is 1. The van der Waals surface area contributed by atoms with Crippen molar-refractivity contribution < 1.29 is 22.7 Å². The van der Waals surface area contributed by atoms with Gasteiger partial charge in [0.05, 0.1) is 40.6 Å². The Morgan fingerprint density at radius 2 is 2.00 bits per heavy atom. The molecule has 1 aliphatic heterocycles. The lowest BCUT2D eigenvalue weighted by Gasteiger charge is -2.23. The Morgan fingerprint density at radius 1 is 1.24 bits per heavy atom. The van der Waals surface area contributed by atoms with Gasteiger partial charge >= 0.3 is 0 Å². The van der Waals surface area contributed by atoms with Crippen molar-refractivity contribution in [2.45, 2.75) is 44.1 Å². The maximum absolute atomic E-state index is 13.3. The molecule has 2 heterocycles. The summed E-state index contributed by atoms with van der Waals surface area (Å²) in [6, 6.07) is 10.3. The number of nitrogens with zero attached hydrogens (tertiary/aromatic N) is 2. The molecule has 1 saturated heterocycles. The summed E-state index contributed by atoms with van der Waals surface area (Å²) in [4.78, 5) is 19.8. The van der Waals surface area contributed by atoms with Gasteiger partial charge < -0.3 is 9.47 Å². The van der Waals surface area contributed by atoms with Crippen molar-refractivity contribution in [3.8, 4) is 5.75 Å². The third-order valence-electron chi connectivity index (χ3n) is 5.75. The molecule has 0 N–H and O–H groups in total. The van der Waals surface area contributed by atoms with Crippen LogP contribution in [-0.4, -0.2) is 51.4 Å². The molecule has 1 fully saturated rings. The number of methoxy groups -OCH3 is 1. The molecule has 3 aromatic rings. The van der Waals surface area contributed by atoms with Crippen LogP contribution < -0.4 is 9.64 Å². The van der Waals surface area contributed by atoms with E-state index in [1.807, 2.05) is 19.9 Å². The maximum atomic E-state index is 13.3. The molecule has 0 saturated carbocycles. The molecule has 2 aromatic carbocycles. The summed E-state index contributed by atoms with van der Waals surface area (Å²) in [5.74, 6) is 0.0357. The third-order valence-corrected chi connectivity index (χ3v) is 8.72. The molecule has 4 rings (SSSR count). The van der Waals surface area contributed by atoms with E-state index < -0.39 is 9.84 Å². The minimum Gasteiger partial charge on any atom is -0.497 e. The number of hydrogen-bond donors (Lipinski definition) is 0. The molecule has 0 spiro atoms. The van der Waals surface area contributed by atoms with E-state index in [1.165, 1.54) is 30.6 Å². The van der Waals surface area contributed by atoms with Gasteiger partial charge in [0.15, 0.2) is 15.0 Å². The predicted octanol–water partition coefficient (Wildman–Crippen LogP) is 4.30. The van der Waals surface area contributed by atoms with Crippen molar-refractivity contribution in [1.82, 2.24) is 4.98 Å². The highest BCUT2D eigenvalue weighted by atomic mass is 32.2. The van der Waals surface area contributed by atoms with Crippen LogP contribution in [0, 0.1) is 13.8 Å². The van der Waals surface area contributed by atoms with Gasteiger partial charge in [-0.3, -0.25) is 9.69 Å². The molecule has 1 amide bonds. The minimum atomic E-state index is -3.61. The number of carbonyl (C=O) groups excluding carboxylic acids is 1. The molecule has 0 bridgehead atoms. The zero-order chi connectivity index (χ0) is 23.6. The first-order chi connectivity index (χ1) is 15.8. The van der Waals surface area contributed by atoms with E-state index in [0.717, 1.165) is 34.2 Å². The van der Waals surface area contributed by atoms with E-state index in [1.54, 1.807) is 17.0 Å². The molecule has 9 heteroatoms. The van der Waals surface area contributed by atoms with E-state index >= 15 is 0 Å². The summed E-state index contributed by atoms with van der Waals surface area (Å²) in [7, 11) is -2.09. The highest BCUT2D eigenvalue weighted by Gasteiger charge is 2.28. The quantitative estimate of drug-likeness (QED) is 0.470. The molecular weight excluding hydrogens is 460 g/mol. The minimum absolute atomic E-state index is 0.0676. The van der Waals surface area contributed by atoms with Gasteiger partial charge in [0.1, 0.15) is 5.75 Å².